The van der Waals surface area contributed by atoms with Gasteiger partial charge in [0.25, 0.3) is 5.56 Å². The van der Waals surface area contributed by atoms with Crippen LogP contribution in [-0.4, -0.2) is 4.98 Å². The Balaban J connectivity index is 2.16. The molecular formula is C17H9FN2OS. The Morgan fingerprint density at radius 3 is 2.82 bits per heavy atom. The second-order valence-electron chi connectivity index (χ2n) is 4.55. The Morgan fingerprint density at radius 2 is 2.05 bits per heavy atom. The number of aromatic nitrogens is 1. The van der Waals surface area contributed by atoms with E-state index in [4.69, 9.17) is 0 Å². The van der Waals surface area contributed by atoms with E-state index in [-0.39, 0.29) is 16.9 Å². The van der Waals surface area contributed by atoms with Crippen molar-refractivity contribution >= 4 is 33.1 Å². The van der Waals surface area contributed by atoms with E-state index in [1.54, 1.807) is 24.3 Å². The number of rotatable bonds is 2. The fourth-order valence-electron chi connectivity index (χ4n) is 2.03. The van der Waals surface area contributed by atoms with Crippen LogP contribution in [0.4, 0.5) is 4.39 Å². The van der Waals surface area contributed by atoms with E-state index in [0.29, 0.717) is 16.0 Å². The summed E-state index contributed by atoms with van der Waals surface area (Å²) in [6.45, 7) is 0. The van der Waals surface area contributed by atoms with Crippen molar-refractivity contribution in [2.75, 3.05) is 0 Å². The molecule has 0 N–H and O–H groups in total. The van der Waals surface area contributed by atoms with Gasteiger partial charge in [0.1, 0.15) is 16.9 Å². The molecule has 0 aliphatic carbocycles. The molecule has 0 atom stereocenters. The molecule has 1 aromatic heterocycles. The SMILES string of the molecule is N#C/C(=C\c1cccc(F)c1)c1nc(=O)c2ccccc2s1. The van der Waals surface area contributed by atoms with Crippen LogP contribution in [-0.2, 0) is 0 Å². The summed E-state index contributed by atoms with van der Waals surface area (Å²) in [7, 11) is 0. The predicted octanol–water partition coefficient (Wildman–Crippen LogP) is 3.86. The maximum atomic E-state index is 13.2. The minimum absolute atomic E-state index is 0.235. The number of nitrogens with zero attached hydrogens (tertiary/aromatic N) is 2. The normalized spacial score (nSPS) is 11.4. The van der Waals surface area contributed by atoms with Gasteiger partial charge < -0.3 is 0 Å². The van der Waals surface area contributed by atoms with Gasteiger partial charge in [-0.2, -0.15) is 10.2 Å². The number of hydrogen-bond acceptors (Lipinski definition) is 4. The number of nitriles is 1. The zero-order valence-electron chi connectivity index (χ0n) is 11.3. The molecular weight excluding hydrogens is 299 g/mol. The topological polar surface area (TPSA) is 53.8 Å². The third-order valence-corrected chi connectivity index (χ3v) is 4.12. The van der Waals surface area contributed by atoms with E-state index in [9.17, 15) is 14.4 Å². The lowest BCUT2D eigenvalue weighted by molar-refractivity contribution is 0.627. The van der Waals surface area contributed by atoms with Crippen molar-refractivity contribution in [2.24, 2.45) is 0 Å². The average Bonchev–Trinajstić information content (AvgIpc) is 2.52. The first-order valence-corrected chi connectivity index (χ1v) is 7.26. The largest absolute Gasteiger partial charge is 0.279 e. The van der Waals surface area contributed by atoms with E-state index < -0.39 is 0 Å². The summed E-state index contributed by atoms with van der Waals surface area (Å²) in [5.74, 6) is -0.384. The summed E-state index contributed by atoms with van der Waals surface area (Å²) in [5.41, 5.74) is 0.411. The molecule has 106 valence electrons. The van der Waals surface area contributed by atoms with E-state index in [1.807, 2.05) is 18.2 Å². The standard InChI is InChI=1S/C17H9FN2OS/c18-13-5-3-4-11(9-13)8-12(10-19)17-20-16(21)14-6-1-2-7-15(14)22-17/h1-9H/b12-8+. The lowest BCUT2D eigenvalue weighted by atomic mass is 10.1. The molecule has 0 aliphatic heterocycles. The number of allylic oxidation sites excluding steroid dienone is 1. The molecule has 0 saturated carbocycles. The first-order chi connectivity index (χ1) is 10.7. The monoisotopic (exact) mass is 308 g/mol. The van der Waals surface area contributed by atoms with Crippen LogP contribution in [0.5, 0.6) is 0 Å². The van der Waals surface area contributed by atoms with Crippen molar-refractivity contribution in [1.82, 2.24) is 4.98 Å². The maximum Gasteiger partial charge on any atom is 0.279 e. The van der Waals surface area contributed by atoms with Gasteiger partial charge in [-0.3, -0.25) is 4.79 Å². The Kier molecular flexibility index (Phi) is 3.77. The van der Waals surface area contributed by atoms with Gasteiger partial charge in [0.2, 0.25) is 0 Å². The highest BCUT2D eigenvalue weighted by Gasteiger charge is 2.09. The molecule has 3 nitrogen and oxygen atoms in total. The van der Waals surface area contributed by atoms with Gasteiger partial charge in [0.05, 0.1) is 11.0 Å². The highest BCUT2D eigenvalue weighted by Crippen LogP contribution is 2.24. The first-order valence-electron chi connectivity index (χ1n) is 6.45. The third kappa shape index (κ3) is 2.78. The average molecular weight is 308 g/mol. The first kappa shape index (κ1) is 14.1. The molecule has 1 heterocycles. The van der Waals surface area contributed by atoms with Gasteiger partial charge in [-0.25, -0.2) is 4.39 Å². The fraction of sp³-hybridized carbons (Fsp3) is 0. The molecule has 3 rings (SSSR count). The fourth-order valence-corrected chi connectivity index (χ4v) is 3.00. The lowest BCUT2D eigenvalue weighted by Gasteiger charge is -2.00. The van der Waals surface area contributed by atoms with Crippen molar-refractivity contribution in [1.29, 1.82) is 5.26 Å². The minimum Gasteiger partial charge on any atom is -0.267 e. The predicted molar refractivity (Wildman–Crippen MR) is 85.8 cm³/mol. The summed E-state index contributed by atoms with van der Waals surface area (Å²) in [4.78, 5) is 16.0. The minimum atomic E-state index is -0.384. The van der Waals surface area contributed by atoms with E-state index in [2.05, 4.69) is 4.98 Å². The smallest absolute Gasteiger partial charge is 0.267 e. The molecule has 22 heavy (non-hydrogen) atoms. The molecule has 0 unspecified atom stereocenters. The van der Waals surface area contributed by atoms with Crippen LogP contribution in [0, 0.1) is 17.1 Å². The molecule has 0 fully saturated rings. The van der Waals surface area contributed by atoms with Crippen LogP contribution in [0.3, 0.4) is 0 Å². The van der Waals surface area contributed by atoms with Crippen molar-refractivity contribution in [2.45, 2.75) is 0 Å². The van der Waals surface area contributed by atoms with Crippen LogP contribution >= 0.6 is 11.3 Å². The molecule has 0 radical (unpaired) electrons. The lowest BCUT2D eigenvalue weighted by Crippen LogP contribution is -2.07. The molecule has 0 bridgehead atoms. The second kappa shape index (κ2) is 5.88. The molecule has 3 aromatic rings. The zero-order valence-corrected chi connectivity index (χ0v) is 12.1. The van der Waals surface area contributed by atoms with E-state index in [0.717, 1.165) is 4.70 Å². The molecule has 2 aromatic carbocycles. The zero-order chi connectivity index (χ0) is 15.5. The van der Waals surface area contributed by atoms with Gasteiger partial charge >= 0.3 is 0 Å². The third-order valence-electron chi connectivity index (χ3n) is 3.04. The van der Waals surface area contributed by atoms with Crippen molar-refractivity contribution in [3.63, 3.8) is 0 Å². The van der Waals surface area contributed by atoms with Gasteiger partial charge in [-0.05, 0) is 35.9 Å². The van der Waals surface area contributed by atoms with Gasteiger partial charge in [0, 0.05) is 4.70 Å². The van der Waals surface area contributed by atoms with Gasteiger partial charge in [-0.1, -0.05) is 24.3 Å². The van der Waals surface area contributed by atoms with Crippen molar-refractivity contribution in [3.05, 3.63) is 75.3 Å². The van der Waals surface area contributed by atoms with Gasteiger partial charge in [-0.15, -0.1) is 11.3 Å². The summed E-state index contributed by atoms with van der Waals surface area (Å²) in [6.07, 6.45) is 1.52. The second-order valence-corrected chi connectivity index (χ2v) is 5.58. The number of fused-ring (bicyclic) bond motifs is 1. The number of halogens is 1. The highest BCUT2D eigenvalue weighted by atomic mass is 32.1. The number of hydrogen-bond donors (Lipinski definition) is 0. The van der Waals surface area contributed by atoms with Crippen molar-refractivity contribution < 1.29 is 4.39 Å². The maximum absolute atomic E-state index is 13.2. The van der Waals surface area contributed by atoms with Crippen LogP contribution in [0.1, 0.15) is 10.6 Å². The molecule has 5 heteroatoms. The molecule has 0 amide bonds. The summed E-state index contributed by atoms with van der Waals surface area (Å²) in [5, 5.41) is 10.2. The van der Waals surface area contributed by atoms with Crippen molar-refractivity contribution in [3.8, 4) is 6.07 Å². The summed E-state index contributed by atoms with van der Waals surface area (Å²) < 4.78 is 14.0. The Morgan fingerprint density at radius 1 is 1.23 bits per heavy atom. The highest BCUT2D eigenvalue weighted by molar-refractivity contribution is 7.19. The Hall–Kier alpha value is -2.84. The van der Waals surface area contributed by atoms with E-state index in [1.165, 1.54) is 29.5 Å². The van der Waals surface area contributed by atoms with Crippen LogP contribution < -0.4 is 5.56 Å². The Labute approximate surface area is 129 Å². The number of benzene rings is 2. The summed E-state index contributed by atoms with van der Waals surface area (Å²) in [6, 6.07) is 15.0. The summed E-state index contributed by atoms with van der Waals surface area (Å²) >= 11 is 1.26. The van der Waals surface area contributed by atoms with Gasteiger partial charge in [0.15, 0.2) is 0 Å². The Bertz CT molecular complexity index is 986. The van der Waals surface area contributed by atoms with Crippen LogP contribution in [0.2, 0.25) is 0 Å². The van der Waals surface area contributed by atoms with Crippen LogP contribution in [0.15, 0.2) is 53.3 Å². The molecule has 0 saturated heterocycles. The molecule has 0 spiro atoms. The molecule has 0 aliphatic rings. The van der Waals surface area contributed by atoms with E-state index >= 15 is 0 Å². The quantitative estimate of drug-likeness (QED) is 0.675. The van der Waals surface area contributed by atoms with Crippen LogP contribution in [0.25, 0.3) is 21.7 Å².